The van der Waals surface area contributed by atoms with Crippen LogP contribution in [0.1, 0.15) is 18.4 Å². The summed E-state index contributed by atoms with van der Waals surface area (Å²) in [5, 5.41) is 0. The molecular weight excluding hydrogens is 290 g/mol. The first-order chi connectivity index (χ1) is 8.56. The SMILES string of the molecule is CN(Cc1cc(N)ccc1Br)CC1CCCN1C. The van der Waals surface area contributed by atoms with Gasteiger partial charge in [-0.15, -0.1) is 0 Å². The monoisotopic (exact) mass is 311 g/mol. The molecule has 1 aliphatic rings. The van der Waals surface area contributed by atoms with E-state index in [9.17, 15) is 0 Å². The molecule has 1 aliphatic heterocycles. The van der Waals surface area contributed by atoms with Crippen molar-refractivity contribution in [3.63, 3.8) is 0 Å². The molecule has 0 spiro atoms. The molecule has 1 aromatic carbocycles. The van der Waals surface area contributed by atoms with Crippen molar-refractivity contribution in [1.82, 2.24) is 9.80 Å². The molecule has 2 N–H and O–H groups in total. The van der Waals surface area contributed by atoms with Crippen LogP contribution in [-0.4, -0.2) is 43.0 Å². The number of anilines is 1. The van der Waals surface area contributed by atoms with E-state index >= 15 is 0 Å². The minimum atomic E-state index is 0.704. The standard InChI is InChI=1S/C14H22BrN3/c1-17(10-13-4-3-7-18(13)2)9-11-8-12(16)5-6-14(11)15/h5-6,8,13H,3-4,7,9-10,16H2,1-2H3. The Morgan fingerprint density at radius 1 is 1.50 bits per heavy atom. The van der Waals surface area contributed by atoms with Gasteiger partial charge in [0, 0.05) is 29.3 Å². The summed E-state index contributed by atoms with van der Waals surface area (Å²) in [4.78, 5) is 4.84. The van der Waals surface area contributed by atoms with Gasteiger partial charge in [-0.3, -0.25) is 0 Å². The van der Waals surface area contributed by atoms with Crippen molar-refractivity contribution >= 4 is 21.6 Å². The molecule has 1 aromatic rings. The second-order valence-corrected chi connectivity index (χ2v) is 6.18. The molecule has 1 heterocycles. The Morgan fingerprint density at radius 2 is 2.28 bits per heavy atom. The van der Waals surface area contributed by atoms with Crippen LogP contribution in [0.25, 0.3) is 0 Å². The van der Waals surface area contributed by atoms with Crippen molar-refractivity contribution < 1.29 is 0 Å². The van der Waals surface area contributed by atoms with Crippen LogP contribution in [-0.2, 0) is 6.54 Å². The molecule has 1 unspecified atom stereocenters. The fourth-order valence-electron chi connectivity index (χ4n) is 2.64. The molecule has 3 nitrogen and oxygen atoms in total. The third kappa shape index (κ3) is 3.46. The molecule has 1 saturated heterocycles. The lowest BCUT2D eigenvalue weighted by atomic mass is 10.1. The number of rotatable bonds is 4. The average molecular weight is 312 g/mol. The van der Waals surface area contributed by atoms with Crippen LogP contribution >= 0.6 is 15.9 Å². The number of hydrogen-bond acceptors (Lipinski definition) is 3. The van der Waals surface area contributed by atoms with E-state index in [0.717, 1.165) is 23.2 Å². The summed E-state index contributed by atoms with van der Waals surface area (Å²) in [7, 11) is 4.41. The van der Waals surface area contributed by atoms with E-state index in [1.807, 2.05) is 12.1 Å². The van der Waals surface area contributed by atoms with Crippen molar-refractivity contribution in [3.8, 4) is 0 Å². The van der Waals surface area contributed by atoms with E-state index in [4.69, 9.17) is 5.73 Å². The molecule has 0 bridgehead atoms. The van der Waals surface area contributed by atoms with Gasteiger partial charge in [-0.05, 0) is 57.2 Å². The maximum atomic E-state index is 5.84. The smallest absolute Gasteiger partial charge is 0.0318 e. The number of benzene rings is 1. The molecule has 100 valence electrons. The number of likely N-dealkylation sites (N-methyl/N-ethyl adjacent to an activating group) is 2. The van der Waals surface area contributed by atoms with E-state index in [1.165, 1.54) is 24.9 Å². The van der Waals surface area contributed by atoms with Crippen LogP contribution in [0, 0.1) is 0 Å². The zero-order valence-corrected chi connectivity index (χ0v) is 12.8. The van der Waals surface area contributed by atoms with Crippen molar-refractivity contribution in [2.24, 2.45) is 0 Å². The summed E-state index contributed by atoms with van der Waals surface area (Å²) >= 11 is 3.59. The molecule has 0 amide bonds. The van der Waals surface area contributed by atoms with Gasteiger partial charge in [-0.2, -0.15) is 0 Å². The van der Waals surface area contributed by atoms with Gasteiger partial charge >= 0.3 is 0 Å². The van der Waals surface area contributed by atoms with E-state index < -0.39 is 0 Å². The first-order valence-corrected chi connectivity index (χ1v) is 7.28. The fraction of sp³-hybridized carbons (Fsp3) is 0.571. The van der Waals surface area contributed by atoms with Crippen LogP contribution in [0.5, 0.6) is 0 Å². The number of hydrogen-bond donors (Lipinski definition) is 1. The molecule has 0 aromatic heterocycles. The summed E-state index contributed by atoms with van der Waals surface area (Å²) in [6, 6.07) is 6.71. The lowest BCUT2D eigenvalue weighted by Crippen LogP contribution is -2.36. The Hall–Kier alpha value is -0.580. The van der Waals surface area contributed by atoms with Crippen molar-refractivity contribution in [2.45, 2.75) is 25.4 Å². The van der Waals surface area contributed by atoms with E-state index in [-0.39, 0.29) is 0 Å². The van der Waals surface area contributed by atoms with Crippen LogP contribution in [0.3, 0.4) is 0 Å². The van der Waals surface area contributed by atoms with Crippen molar-refractivity contribution in [3.05, 3.63) is 28.2 Å². The van der Waals surface area contributed by atoms with Crippen LogP contribution in [0.15, 0.2) is 22.7 Å². The number of nitrogens with zero attached hydrogens (tertiary/aromatic N) is 2. The fourth-order valence-corrected chi connectivity index (χ4v) is 3.01. The Balaban J connectivity index is 1.94. The van der Waals surface area contributed by atoms with Crippen LogP contribution in [0.4, 0.5) is 5.69 Å². The number of nitrogens with two attached hydrogens (primary N) is 1. The zero-order chi connectivity index (χ0) is 13.1. The van der Waals surface area contributed by atoms with Crippen LogP contribution in [0.2, 0.25) is 0 Å². The third-order valence-electron chi connectivity index (χ3n) is 3.70. The van der Waals surface area contributed by atoms with Crippen molar-refractivity contribution in [2.75, 3.05) is 32.9 Å². The van der Waals surface area contributed by atoms with Crippen molar-refractivity contribution in [1.29, 1.82) is 0 Å². The normalized spacial score (nSPS) is 20.8. The Kier molecular flexibility index (Phi) is 4.65. The molecule has 0 radical (unpaired) electrons. The molecule has 0 aliphatic carbocycles. The minimum Gasteiger partial charge on any atom is -0.399 e. The average Bonchev–Trinajstić information content (AvgIpc) is 2.70. The molecule has 1 atom stereocenters. The number of halogens is 1. The molecule has 1 fully saturated rings. The zero-order valence-electron chi connectivity index (χ0n) is 11.2. The summed E-state index contributed by atoms with van der Waals surface area (Å²) in [5.41, 5.74) is 7.94. The molecule has 2 rings (SSSR count). The summed E-state index contributed by atoms with van der Waals surface area (Å²) in [5.74, 6) is 0. The predicted molar refractivity (Wildman–Crippen MR) is 80.5 cm³/mol. The second kappa shape index (κ2) is 6.04. The van der Waals surface area contributed by atoms with Gasteiger partial charge in [0.15, 0.2) is 0 Å². The largest absolute Gasteiger partial charge is 0.399 e. The first kappa shape index (κ1) is 13.8. The van der Waals surface area contributed by atoms with Gasteiger partial charge in [-0.1, -0.05) is 15.9 Å². The van der Waals surface area contributed by atoms with Gasteiger partial charge in [0.05, 0.1) is 0 Å². The lowest BCUT2D eigenvalue weighted by molar-refractivity contribution is 0.215. The molecular formula is C14H22BrN3. The first-order valence-electron chi connectivity index (χ1n) is 6.49. The van der Waals surface area contributed by atoms with Gasteiger partial charge in [-0.25, -0.2) is 0 Å². The topological polar surface area (TPSA) is 32.5 Å². The highest BCUT2D eigenvalue weighted by molar-refractivity contribution is 9.10. The molecule has 4 heteroatoms. The minimum absolute atomic E-state index is 0.704. The highest BCUT2D eigenvalue weighted by Gasteiger charge is 2.22. The predicted octanol–water partition coefficient (Wildman–Crippen LogP) is 2.56. The third-order valence-corrected chi connectivity index (χ3v) is 4.48. The second-order valence-electron chi connectivity index (χ2n) is 5.32. The van der Waals surface area contributed by atoms with Gasteiger partial charge in [0.25, 0.3) is 0 Å². The Bertz CT molecular complexity index is 408. The highest BCUT2D eigenvalue weighted by atomic mass is 79.9. The van der Waals surface area contributed by atoms with E-state index in [2.05, 4.69) is 45.9 Å². The van der Waals surface area contributed by atoms with Crippen LogP contribution < -0.4 is 5.73 Å². The highest BCUT2D eigenvalue weighted by Crippen LogP contribution is 2.22. The Labute approximate surface area is 118 Å². The number of likely N-dealkylation sites (tertiary alicyclic amines) is 1. The summed E-state index contributed by atoms with van der Waals surface area (Å²) in [6.07, 6.45) is 2.65. The molecule has 18 heavy (non-hydrogen) atoms. The lowest BCUT2D eigenvalue weighted by Gasteiger charge is -2.26. The summed E-state index contributed by atoms with van der Waals surface area (Å²) in [6.45, 7) is 3.30. The van der Waals surface area contributed by atoms with Gasteiger partial charge in [0.2, 0.25) is 0 Å². The summed E-state index contributed by atoms with van der Waals surface area (Å²) < 4.78 is 1.14. The van der Waals surface area contributed by atoms with E-state index in [0.29, 0.717) is 6.04 Å². The maximum Gasteiger partial charge on any atom is 0.0318 e. The quantitative estimate of drug-likeness (QED) is 0.867. The molecule has 0 saturated carbocycles. The van der Waals surface area contributed by atoms with Gasteiger partial charge in [0.1, 0.15) is 0 Å². The van der Waals surface area contributed by atoms with Gasteiger partial charge < -0.3 is 15.5 Å². The number of nitrogen functional groups attached to an aromatic ring is 1. The maximum absolute atomic E-state index is 5.84. The Morgan fingerprint density at radius 3 is 2.94 bits per heavy atom. The van der Waals surface area contributed by atoms with E-state index in [1.54, 1.807) is 0 Å².